The Balaban J connectivity index is 1.84. The van der Waals surface area contributed by atoms with Crippen molar-refractivity contribution < 1.29 is 13.2 Å². The molecule has 0 radical (unpaired) electrons. The molecule has 11 heteroatoms. The summed E-state index contributed by atoms with van der Waals surface area (Å²) in [5.74, 6) is -0.689. The molecule has 0 atom stereocenters. The number of nitrogens with zero attached hydrogens (tertiary/aromatic N) is 7. The molecule has 3 heterocycles. The lowest BCUT2D eigenvalue weighted by molar-refractivity contribution is -0.144. The monoisotopic (exact) mass is 405 g/mol. The highest BCUT2D eigenvalue weighted by molar-refractivity contribution is 7.99. The maximum Gasteiger partial charge on any atom is 0.453 e. The van der Waals surface area contributed by atoms with Gasteiger partial charge in [0.1, 0.15) is 10.9 Å². The van der Waals surface area contributed by atoms with Gasteiger partial charge in [0.25, 0.3) is 11.6 Å². The van der Waals surface area contributed by atoms with E-state index in [1.807, 2.05) is 42.7 Å². The molecule has 4 aromatic rings. The minimum atomic E-state index is -4.65. The van der Waals surface area contributed by atoms with E-state index in [-0.39, 0.29) is 5.78 Å². The van der Waals surface area contributed by atoms with Crippen molar-refractivity contribution in [2.75, 3.05) is 0 Å². The van der Waals surface area contributed by atoms with Gasteiger partial charge in [-0.15, -0.1) is 15.3 Å². The van der Waals surface area contributed by atoms with E-state index in [1.54, 1.807) is 13.0 Å². The number of benzene rings is 1. The Kier molecular flexibility index (Phi) is 4.33. The van der Waals surface area contributed by atoms with E-state index < -0.39 is 12.0 Å². The minimum Gasteiger partial charge on any atom is -0.274 e. The zero-order chi connectivity index (χ0) is 20.1. The van der Waals surface area contributed by atoms with Gasteiger partial charge in [0, 0.05) is 5.69 Å². The summed E-state index contributed by atoms with van der Waals surface area (Å²) in [5.41, 5.74) is 2.43. The molecule has 3 aromatic heterocycles. The Morgan fingerprint density at radius 3 is 2.46 bits per heavy atom. The van der Waals surface area contributed by atoms with E-state index >= 15 is 0 Å². The number of aromatic nitrogens is 7. The van der Waals surface area contributed by atoms with Gasteiger partial charge in [0.15, 0.2) is 0 Å². The van der Waals surface area contributed by atoms with Gasteiger partial charge in [-0.05, 0) is 50.2 Å². The van der Waals surface area contributed by atoms with E-state index in [0.29, 0.717) is 21.7 Å². The van der Waals surface area contributed by atoms with Gasteiger partial charge in [-0.2, -0.15) is 22.7 Å². The highest BCUT2D eigenvalue weighted by Crippen LogP contribution is 2.32. The van der Waals surface area contributed by atoms with Crippen LogP contribution in [-0.4, -0.2) is 34.3 Å². The summed E-state index contributed by atoms with van der Waals surface area (Å²) < 4.78 is 42.0. The van der Waals surface area contributed by atoms with Crippen molar-refractivity contribution >= 4 is 17.5 Å². The summed E-state index contributed by atoms with van der Waals surface area (Å²) >= 11 is 1.15. The first-order chi connectivity index (χ1) is 13.2. The fourth-order valence-corrected chi connectivity index (χ4v) is 3.77. The predicted molar refractivity (Wildman–Crippen MR) is 95.5 cm³/mol. The summed E-state index contributed by atoms with van der Waals surface area (Å²) in [4.78, 5) is 7.55. The van der Waals surface area contributed by atoms with Crippen LogP contribution in [0.25, 0.3) is 11.5 Å². The second-order valence-corrected chi connectivity index (χ2v) is 7.12. The normalized spacial score (nSPS) is 12.1. The fraction of sp³-hybridized carbons (Fsp3) is 0.235. The Morgan fingerprint density at radius 1 is 1.00 bits per heavy atom. The molecule has 0 bridgehead atoms. The highest BCUT2D eigenvalue weighted by atomic mass is 32.2. The lowest BCUT2D eigenvalue weighted by atomic mass is 10.2. The Bertz CT molecular complexity index is 1180. The van der Waals surface area contributed by atoms with Crippen LogP contribution < -0.4 is 0 Å². The lowest BCUT2D eigenvalue weighted by Crippen LogP contribution is -2.08. The van der Waals surface area contributed by atoms with Gasteiger partial charge >= 0.3 is 6.18 Å². The van der Waals surface area contributed by atoms with Crippen molar-refractivity contribution in [2.45, 2.75) is 37.1 Å². The molecule has 0 spiro atoms. The first-order valence-electron chi connectivity index (χ1n) is 8.21. The smallest absolute Gasteiger partial charge is 0.274 e. The first-order valence-corrected chi connectivity index (χ1v) is 9.03. The molecule has 0 aliphatic rings. The van der Waals surface area contributed by atoms with Gasteiger partial charge < -0.3 is 0 Å². The third-order valence-corrected chi connectivity index (χ3v) is 4.96. The van der Waals surface area contributed by atoms with Crippen LogP contribution in [0.4, 0.5) is 13.2 Å². The lowest BCUT2D eigenvalue weighted by Gasteiger charge is -2.11. The minimum absolute atomic E-state index is 0.117. The highest BCUT2D eigenvalue weighted by Gasteiger charge is 2.37. The third kappa shape index (κ3) is 3.21. The van der Waals surface area contributed by atoms with Crippen LogP contribution in [0.2, 0.25) is 0 Å². The van der Waals surface area contributed by atoms with Crippen LogP contribution in [0.1, 0.15) is 22.9 Å². The number of fused-ring (bicyclic) bond motifs is 1. The quantitative estimate of drug-likeness (QED) is 0.483. The van der Waals surface area contributed by atoms with E-state index in [2.05, 4.69) is 25.3 Å². The Hall–Kier alpha value is -2.95. The van der Waals surface area contributed by atoms with Crippen molar-refractivity contribution in [1.29, 1.82) is 0 Å². The summed E-state index contributed by atoms with van der Waals surface area (Å²) in [7, 11) is 0. The summed E-state index contributed by atoms with van der Waals surface area (Å²) in [6.45, 7) is 5.46. The molecule has 28 heavy (non-hydrogen) atoms. The van der Waals surface area contributed by atoms with Gasteiger partial charge in [0.05, 0.1) is 5.69 Å². The molecule has 0 saturated carbocycles. The van der Waals surface area contributed by atoms with Crippen LogP contribution in [0.15, 0.2) is 40.5 Å². The number of alkyl halides is 3. The zero-order valence-electron chi connectivity index (χ0n) is 15.1. The van der Waals surface area contributed by atoms with Crippen LogP contribution >= 0.6 is 11.8 Å². The van der Waals surface area contributed by atoms with Crippen LogP contribution in [0.3, 0.4) is 0 Å². The second kappa shape index (κ2) is 6.59. The van der Waals surface area contributed by atoms with Gasteiger partial charge in [-0.1, -0.05) is 18.2 Å². The second-order valence-electron chi connectivity index (χ2n) is 6.13. The largest absolute Gasteiger partial charge is 0.453 e. The average molecular weight is 405 g/mol. The number of hydrogen-bond acceptors (Lipinski definition) is 6. The molecular weight excluding hydrogens is 391 g/mol. The Morgan fingerprint density at radius 2 is 1.75 bits per heavy atom. The maximum atomic E-state index is 13.0. The van der Waals surface area contributed by atoms with Crippen LogP contribution in [0.5, 0.6) is 0 Å². The van der Waals surface area contributed by atoms with Gasteiger partial charge in [-0.25, -0.2) is 4.98 Å². The van der Waals surface area contributed by atoms with Crippen LogP contribution in [0, 0.1) is 20.8 Å². The molecule has 0 amide bonds. The summed E-state index contributed by atoms with van der Waals surface area (Å²) in [6, 6.07) is 9.36. The average Bonchev–Trinajstić information content (AvgIpc) is 3.19. The van der Waals surface area contributed by atoms with Crippen molar-refractivity contribution in [3.63, 3.8) is 0 Å². The fourth-order valence-electron chi connectivity index (χ4n) is 2.74. The van der Waals surface area contributed by atoms with E-state index in [9.17, 15) is 13.2 Å². The molecule has 0 saturated heterocycles. The van der Waals surface area contributed by atoms with E-state index in [1.165, 1.54) is 0 Å². The third-order valence-electron chi connectivity index (χ3n) is 4.01. The molecular formula is C17H14F3N7S. The van der Waals surface area contributed by atoms with Gasteiger partial charge in [0.2, 0.25) is 5.16 Å². The van der Waals surface area contributed by atoms with E-state index in [0.717, 1.165) is 27.5 Å². The number of halogens is 3. The van der Waals surface area contributed by atoms with Crippen molar-refractivity contribution in [2.24, 2.45) is 0 Å². The Labute approximate surface area is 161 Å². The maximum absolute atomic E-state index is 13.0. The number of para-hydroxylation sites is 1. The van der Waals surface area contributed by atoms with Crippen molar-refractivity contribution in [1.82, 2.24) is 34.3 Å². The van der Waals surface area contributed by atoms with E-state index in [4.69, 9.17) is 0 Å². The van der Waals surface area contributed by atoms with Gasteiger partial charge in [-0.3, -0.25) is 4.57 Å². The molecule has 144 valence electrons. The standard InChI is InChI=1S/C17H14F3N7S/c1-9-6-4-5-7-12(9)26-11(3)23-24-16(26)28-13-8-10(2)21-15-22-14(17(18,19)20)25-27(13)15/h4-8H,1-3H3. The number of rotatable bonds is 3. The molecule has 0 unspecified atom stereocenters. The molecule has 0 N–H and O–H groups in total. The summed E-state index contributed by atoms with van der Waals surface area (Å²) in [5, 5.41) is 12.8. The molecule has 4 rings (SSSR count). The van der Waals surface area contributed by atoms with Crippen molar-refractivity contribution in [3.05, 3.63) is 53.2 Å². The predicted octanol–water partition coefficient (Wildman–Crippen LogP) is 3.80. The molecule has 0 aliphatic heterocycles. The van der Waals surface area contributed by atoms with Crippen LogP contribution in [-0.2, 0) is 6.18 Å². The van der Waals surface area contributed by atoms with Crippen molar-refractivity contribution in [3.8, 4) is 5.69 Å². The number of aryl methyl sites for hydroxylation is 3. The number of hydrogen-bond donors (Lipinski definition) is 0. The summed E-state index contributed by atoms with van der Waals surface area (Å²) in [6.07, 6.45) is -4.65. The topological polar surface area (TPSA) is 73.8 Å². The SMILES string of the molecule is Cc1cc(Sc2nnc(C)n2-c2ccccc2C)n2nc(C(F)(F)F)nc2n1. The molecule has 1 aromatic carbocycles. The molecule has 7 nitrogen and oxygen atoms in total. The zero-order valence-corrected chi connectivity index (χ0v) is 15.9. The first kappa shape index (κ1) is 18.4. The molecule has 0 aliphatic carbocycles. The molecule has 0 fully saturated rings.